The summed E-state index contributed by atoms with van der Waals surface area (Å²) in [6, 6.07) is 14.0. The van der Waals surface area contributed by atoms with Crippen molar-refractivity contribution in [3.63, 3.8) is 0 Å². The van der Waals surface area contributed by atoms with E-state index in [2.05, 4.69) is 15.9 Å². The highest BCUT2D eigenvalue weighted by atomic mass is 79.9. The van der Waals surface area contributed by atoms with Crippen LogP contribution < -0.4 is 0 Å². The Bertz CT molecular complexity index is 586. The van der Waals surface area contributed by atoms with Gasteiger partial charge in [-0.2, -0.15) is 0 Å². The van der Waals surface area contributed by atoms with E-state index in [0.717, 1.165) is 5.56 Å². The Labute approximate surface area is 120 Å². The van der Waals surface area contributed by atoms with Crippen LogP contribution in [0.2, 0.25) is 0 Å². The summed E-state index contributed by atoms with van der Waals surface area (Å²) in [5.74, 6) is -0.840. The van der Waals surface area contributed by atoms with Gasteiger partial charge in [-0.3, -0.25) is 4.79 Å². The number of halogens is 2. The van der Waals surface area contributed by atoms with Gasteiger partial charge in [0.15, 0.2) is 0 Å². The molecule has 0 radical (unpaired) electrons. The summed E-state index contributed by atoms with van der Waals surface area (Å²) in [4.78, 5) is 13.7. The van der Waals surface area contributed by atoms with Gasteiger partial charge in [0.25, 0.3) is 5.91 Å². The fraction of sp³-hybridized carbons (Fsp3) is 0.133. The second-order valence-electron chi connectivity index (χ2n) is 4.27. The molecule has 0 spiro atoms. The fourth-order valence-corrected chi connectivity index (χ4v) is 2.13. The van der Waals surface area contributed by atoms with Crippen molar-refractivity contribution in [3.8, 4) is 0 Å². The highest BCUT2D eigenvalue weighted by Gasteiger charge is 2.16. The molecule has 2 aromatic rings. The van der Waals surface area contributed by atoms with E-state index in [0.29, 0.717) is 11.0 Å². The summed E-state index contributed by atoms with van der Waals surface area (Å²) in [5, 5.41) is 0. The number of hydrogen-bond donors (Lipinski definition) is 0. The van der Waals surface area contributed by atoms with E-state index in [4.69, 9.17) is 0 Å². The van der Waals surface area contributed by atoms with Gasteiger partial charge in [0, 0.05) is 18.1 Å². The summed E-state index contributed by atoms with van der Waals surface area (Å²) >= 11 is 3.17. The van der Waals surface area contributed by atoms with Gasteiger partial charge in [-0.25, -0.2) is 4.39 Å². The molecule has 0 saturated carbocycles. The second-order valence-corrected chi connectivity index (χ2v) is 5.19. The molecule has 0 saturated heterocycles. The maximum absolute atomic E-state index is 13.7. The molecule has 0 aromatic heterocycles. The summed E-state index contributed by atoms with van der Waals surface area (Å²) in [6.45, 7) is 0.454. The summed E-state index contributed by atoms with van der Waals surface area (Å²) in [6.07, 6.45) is 0. The van der Waals surface area contributed by atoms with Crippen LogP contribution in [0.4, 0.5) is 4.39 Å². The van der Waals surface area contributed by atoms with Crippen molar-refractivity contribution in [2.75, 3.05) is 7.05 Å². The van der Waals surface area contributed by atoms with Crippen LogP contribution in [-0.2, 0) is 6.54 Å². The van der Waals surface area contributed by atoms with E-state index < -0.39 is 5.82 Å². The van der Waals surface area contributed by atoms with Crippen molar-refractivity contribution < 1.29 is 9.18 Å². The van der Waals surface area contributed by atoms with Crippen LogP contribution in [-0.4, -0.2) is 17.9 Å². The molecule has 1 amide bonds. The first-order valence-corrected chi connectivity index (χ1v) is 6.61. The fourth-order valence-electron chi connectivity index (χ4n) is 1.80. The summed E-state index contributed by atoms with van der Waals surface area (Å²) in [7, 11) is 1.66. The normalized spacial score (nSPS) is 10.3. The molecule has 98 valence electrons. The average molecular weight is 322 g/mol. The zero-order valence-corrected chi connectivity index (χ0v) is 12.0. The Morgan fingerprint density at radius 1 is 1.21 bits per heavy atom. The van der Waals surface area contributed by atoms with Gasteiger partial charge in [-0.05, 0) is 23.8 Å². The molecule has 0 heterocycles. The van der Waals surface area contributed by atoms with E-state index in [1.807, 2.05) is 30.3 Å². The molecule has 0 N–H and O–H groups in total. The Balaban J connectivity index is 2.15. The van der Waals surface area contributed by atoms with Crippen LogP contribution in [0, 0.1) is 5.82 Å². The van der Waals surface area contributed by atoms with Crippen LogP contribution in [0.25, 0.3) is 0 Å². The van der Waals surface area contributed by atoms with E-state index >= 15 is 0 Å². The minimum absolute atomic E-state index is 0.0848. The lowest BCUT2D eigenvalue weighted by molar-refractivity contribution is 0.0780. The van der Waals surface area contributed by atoms with Crippen molar-refractivity contribution in [3.05, 3.63) is 69.9 Å². The largest absolute Gasteiger partial charge is 0.337 e. The first-order valence-electron chi connectivity index (χ1n) is 5.82. The third-order valence-corrected chi connectivity index (χ3v) is 3.26. The molecule has 2 aromatic carbocycles. The van der Waals surface area contributed by atoms with Gasteiger partial charge in [0.05, 0.1) is 5.56 Å². The zero-order chi connectivity index (χ0) is 13.8. The van der Waals surface area contributed by atoms with Gasteiger partial charge in [-0.1, -0.05) is 46.3 Å². The molecule has 19 heavy (non-hydrogen) atoms. The molecule has 0 aliphatic heterocycles. The van der Waals surface area contributed by atoms with Crippen LogP contribution >= 0.6 is 15.9 Å². The van der Waals surface area contributed by atoms with E-state index in [1.165, 1.54) is 17.0 Å². The Morgan fingerprint density at radius 2 is 1.89 bits per heavy atom. The number of nitrogens with zero attached hydrogens (tertiary/aromatic N) is 1. The van der Waals surface area contributed by atoms with Crippen molar-refractivity contribution in [2.45, 2.75) is 6.54 Å². The van der Waals surface area contributed by atoms with Gasteiger partial charge in [0.2, 0.25) is 0 Å². The first kappa shape index (κ1) is 13.7. The Kier molecular flexibility index (Phi) is 4.32. The quantitative estimate of drug-likeness (QED) is 0.840. The third-order valence-electron chi connectivity index (χ3n) is 2.77. The van der Waals surface area contributed by atoms with Crippen molar-refractivity contribution in [1.82, 2.24) is 4.90 Å². The van der Waals surface area contributed by atoms with Crippen LogP contribution in [0.1, 0.15) is 15.9 Å². The minimum Gasteiger partial charge on any atom is -0.337 e. The van der Waals surface area contributed by atoms with E-state index in [1.54, 1.807) is 13.1 Å². The van der Waals surface area contributed by atoms with Crippen LogP contribution in [0.3, 0.4) is 0 Å². The zero-order valence-electron chi connectivity index (χ0n) is 10.4. The number of rotatable bonds is 3. The third kappa shape index (κ3) is 3.41. The van der Waals surface area contributed by atoms with Crippen LogP contribution in [0.15, 0.2) is 53.0 Å². The number of carbonyl (C=O) groups is 1. The van der Waals surface area contributed by atoms with Crippen LogP contribution in [0.5, 0.6) is 0 Å². The predicted octanol–water partition coefficient (Wildman–Crippen LogP) is 3.86. The molecule has 0 aliphatic rings. The topological polar surface area (TPSA) is 20.3 Å². The standard InChI is InChI=1S/C15H13BrFNO/c1-18(10-11-5-3-2-4-6-11)15(19)13-8-7-12(16)9-14(13)17/h2-9H,10H2,1H3. The van der Waals surface area contributed by atoms with Crippen molar-refractivity contribution >= 4 is 21.8 Å². The minimum atomic E-state index is -0.515. The second kappa shape index (κ2) is 5.97. The molecule has 2 nitrogen and oxygen atoms in total. The van der Waals surface area contributed by atoms with Crippen molar-refractivity contribution in [2.24, 2.45) is 0 Å². The SMILES string of the molecule is CN(Cc1ccccc1)C(=O)c1ccc(Br)cc1F. The molecule has 0 fully saturated rings. The summed E-state index contributed by atoms with van der Waals surface area (Å²) < 4.78 is 14.3. The Hall–Kier alpha value is -1.68. The van der Waals surface area contributed by atoms with E-state index in [-0.39, 0.29) is 11.5 Å². The van der Waals surface area contributed by atoms with Crippen molar-refractivity contribution in [1.29, 1.82) is 0 Å². The highest BCUT2D eigenvalue weighted by molar-refractivity contribution is 9.10. The number of carbonyl (C=O) groups excluding carboxylic acids is 1. The number of benzene rings is 2. The smallest absolute Gasteiger partial charge is 0.256 e. The predicted molar refractivity (Wildman–Crippen MR) is 76.3 cm³/mol. The molecular weight excluding hydrogens is 309 g/mol. The van der Waals surface area contributed by atoms with Gasteiger partial charge < -0.3 is 4.90 Å². The molecule has 0 unspecified atom stereocenters. The van der Waals surface area contributed by atoms with E-state index in [9.17, 15) is 9.18 Å². The molecule has 2 rings (SSSR count). The monoisotopic (exact) mass is 321 g/mol. The van der Waals surface area contributed by atoms with Gasteiger partial charge in [-0.15, -0.1) is 0 Å². The number of amides is 1. The molecular formula is C15H13BrFNO. The molecule has 0 bridgehead atoms. The van der Waals surface area contributed by atoms with Gasteiger partial charge >= 0.3 is 0 Å². The average Bonchev–Trinajstić information content (AvgIpc) is 2.39. The maximum atomic E-state index is 13.7. The Morgan fingerprint density at radius 3 is 2.53 bits per heavy atom. The first-order chi connectivity index (χ1) is 9.08. The molecule has 4 heteroatoms. The lowest BCUT2D eigenvalue weighted by atomic mass is 10.1. The number of hydrogen-bond acceptors (Lipinski definition) is 1. The lowest BCUT2D eigenvalue weighted by Gasteiger charge is -2.17. The molecule has 0 atom stereocenters. The maximum Gasteiger partial charge on any atom is 0.256 e. The molecule has 0 aliphatic carbocycles. The lowest BCUT2D eigenvalue weighted by Crippen LogP contribution is -2.27. The highest BCUT2D eigenvalue weighted by Crippen LogP contribution is 2.17. The summed E-state index contributed by atoms with van der Waals surface area (Å²) in [5.41, 5.74) is 1.09. The van der Waals surface area contributed by atoms with Gasteiger partial charge in [0.1, 0.15) is 5.82 Å².